The monoisotopic (exact) mass is 136 g/mol. The van der Waals surface area contributed by atoms with Gasteiger partial charge in [0.1, 0.15) is 5.82 Å². The van der Waals surface area contributed by atoms with E-state index >= 15 is 0 Å². The van der Waals surface area contributed by atoms with Crippen LogP contribution in [0.5, 0.6) is 0 Å². The second kappa shape index (κ2) is 2.87. The highest BCUT2D eigenvalue weighted by Gasteiger charge is 1.93. The molecule has 0 unspecified atom stereocenters. The summed E-state index contributed by atoms with van der Waals surface area (Å²) in [7, 11) is 0. The summed E-state index contributed by atoms with van der Waals surface area (Å²) in [6.07, 6.45) is 2.96. The van der Waals surface area contributed by atoms with E-state index in [1.54, 1.807) is 18.3 Å². The lowest BCUT2D eigenvalue weighted by molar-refractivity contribution is -0.111. The van der Waals surface area contributed by atoms with Crippen LogP contribution in [0.15, 0.2) is 31.0 Å². The first kappa shape index (κ1) is 6.61. The van der Waals surface area contributed by atoms with E-state index < -0.39 is 0 Å². The van der Waals surface area contributed by atoms with Crippen molar-refractivity contribution >= 4 is 11.7 Å². The quantitative estimate of drug-likeness (QED) is 0.588. The molecule has 2 N–H and O–H groups in total. The summed E-state index contributed by atoms with van der Waals surface area (Å²) >= 11 is 0. The van der Waals surface area contributed by atoms with Crippen molar-refractivity contribution in [3.8, 4) is 0 Å². The standard InChI is InChI=1S/C7H8N2O/c1-2-7(10)9-6-4-3-5-8-6/h2-5,8H,1H2,(H,9,10). The first-order valence-corrected chi connectivity index (χ1v) is 2.90. The summed E-state index contributed by atoms with van der Waals surface area (Å²) in [4.78, 5) is 13.5. The molecule has 0 aromatic carbocycles. The number of hydrogen-bond donors (Lipinski definition) is 2. The maximum absolute atomic E-state index is 10.6. The Morgan fingerprint density at radius 2 is 2.60 bits per heavy atom. The number of hydrogen-bond acceptors (Lipinski definition) is 1. The van der Waals surface area contributed by atoms with Gasteiger partial charge in [-0.25, -0.2) is 0 Å². The van der Waals surface area contributed by atoms with Crippen LogP contribution in [0, 0.1) is 0 Å². The van der Waals surface area contributed by atoms with Crippen molar-refractivity contribution in [2.75, 3.05) is 5.32 Å². The molecule has 3 nitrogen and oxygen atoms in total. The van der Waals surface area contributed by atoms with Gasteiger partial charge in [0.25, 0.3) is 0 Å². The van der Waals surface area contributed by atoms with Crippen molar-refractivity contribution in [3.63, 3.8) is 0 Å². The van der Waals surface area contributed by atoms with Gasteiger partial charge in [0.15, 0.2) is 0 Å². The van der Waals surface area contributed by atoms with Crippen LogP contribution < -0.4 is 5.32 Å². The summed E-state index contributed by atoms with van der Waals surface area (Å²) in [6.45, 7) is 3.32. The zero-order valence-electron chi connectivity index (χ0n) is 5.42. The van der Waals surface area contributed by atoms with Crippen LogP contribution in [0.2, 0.25) is 0 Å². The molecule has 0 bridgehead atoms. The van der Waals surface area contributed by atoms with Crippen LogP contribution in [-0.4, -0.2) is 10.9 Å². The third-order valence-corrected chi connectivity index (χ3v) is 1.04. The molecular weight excluding hydrogens is 128 g/mol. The lowest BCUT2D eigenvalue weighted by Crippen LogP contribution is -2.06. The summed E-state index contributed by atoms with van der Waals surface area (Å²) in [5.41, 5.74) is 0. The Labute approximate surface area is 58.8 Å². The summed E-state index contributed by atoms with van der Waals surface area (Å²) < 4.78 is 0. The van der Waals surface area contributed by atoms with Gasteiger partial charge in [-0.2, -0.15) is 0 Å². The molecule has 10 heavy (non-hydrogen) atoms. The van der Waals surface area contributed by atoms with Crippen molar-refractivity contribution in [3.05, 3.63) is 31.0 Å². The largest absolute Gasteiger partial charge is 0.348 e. The maximum Gasteiger partial charge on any atom is 0.248 e. The lowest BCUT2D eigenvalue weighted by Gasteiger charge is -1.94. The van der Waals surface area contributed by atoms with Gasteiger partial charge in [-0.05, 0) is 18.2 Å². The highest BCUT2D eigenvalue weighted by Crippen LogP contribution is 1.99. The molecule has 0 fully saturated rings. The van der Waals surface area contributed by atoms with Crippen molar-refractivity contribution in [1.29, 1.82) is 0 Å². The second-order valence-electron chi connectivity index (χ2n) is 1.78. The number of anilines is 1. The Balaban J connectivity index is 2.56. The van der Waals surface area contributed by atoms with Gasteiger partial charge in [0.2, 0.25) is 5.91 Å². The molecule has 0 aliphatic carbocycles. The fourth-order valence-corrected chi connectivity index (χ4v) is 0.592. The van der Waals surface area contributed by atoms with E-state index in [-0.39, 0.29) is 5.91 Å². The SMILES string of the molecule is C=CC(=O)Nc1ccc[nH]1. The predicted molar refractivity (Wildman–Crippen MR) is 39.6 cm³/mol. The fourth-order valence-electron chi connectivity index (χ4n) is 0.592. The molecule has 1 aromatic heterocycles. The normalized spacial score (nSPS) is 8.80. The van der Waals surface area contributed by atoms with Gasteiger partial charge >= 0.3 is 0 Å². The minimum Gasteiger partial charge on any atom is -0.348 e. The zero-order valence-corrected chi connectivity index (χ0v) is 5.42. The van der Waals surface area contributed by atoms with Crippen molar-refractivity contribution in [2.24, 2.45) is 0 Å². The molecule has 1 aromatic rings. The molecule has 52 valence electrons. The van der Waals surface area contributed by atoms with Crippen LogP contribution in [-0.2, 0) is 4.79 Å². The summed E-state index contributed by atoms with van der Waals surface area (Å²) in [5, 5.41) is 2.56. The third kappa shape index (κ3) is 1.48. The lowest BCUT2D eigenvalue weighted by atomic mass is 10.5. The van der Waals surface area contributed by atoms with Crippen LogP contribution in [0.4, 0.5) is 5.82 Å². The molecular formula is C7H8N2O. The molecule has 0 radical (unpaired) electrons. The van der Waals surface area contributed by atoms with Crippen molar-refractivity contribution in [2.45, 2.75) is 0 Å². The molecule has 0 spiro atoms. The molecule has 0 saturated heterocycles. The van der Waals surface area contributed by atoms with Gasteiger partial charge in [-0.1, -0.05) is 6.58 Å². The number of amides is 1. The molecule has 0 atom stereocenters. The third-order valence-electron chi connectivity index (χ3n) is 1.04. The minimum atomic E-state index is -0.206. The van der Waals surface area contributed by atoms with E-state index in [0.717, 1.165) is 0 Å². The highest BCUT2D eigenvalue weighted by molar-refractivity contribution is 5.98. The Morgan fingerprint density at radius 1 is 1.80 bits per heavy atom. The van der Waals surface area contributed by atoms with Gasteiger partial charge in [-0.15, -0.1) is 0 Å². The van der Waals surface area contributed by atoms with Gasteiger partial charge in [0, 0.05) is 6.20 Å². The van der Waals surface area contributed by atoms with E-state index in [0.29, 0.717) is 5.82 Å². The number of carbonyl (C=O) groups is 1. The predicted octanol–water partition coefficient (Wildman–Crippen LogP) is 1.14. The Kier molecular flexibility index (Phi) is 1.89. The number of aromatic nitrogens is 1. The smallest absolute Gasteiger partial charge is 0.248 e. The van der Waals surface area contributed by atoms with Gasteiger partial charge in [0.05, 0.1) is 0 Å². The average molecular weight is 136 g/mol. The average Bonchev–Trinajstić information content (AvgIpc) is 2.40. The molecule has 0 aliphatic heterocycles. The topological polar surface area (TPSA) is 44.9 Å². The molecule has 3 heteroatoms. The number of aromatic amines is 1. The fraction of sp³-hybridized carbons (Fsp3) is 0. The Bertz CT molecular complexity index is 226. The molecule has 1 rings (SSSR count). The zero-order chi connectivity index (χ0) is 7.40. The van der Waals surface area contributed by atoms with Gasteiger partial charge in [-0.3, -0.25) is 4.79 Å². The van der Waals surface area contributed by atoms with Crippen LogP contribution in [0.1, 0.15) is 0 Å². The number of nitrogens with one attached hydrogen (secondary N) is 2. The number of carbonyl (C=O) groups excluding carboxylic acids is 1. The molecule has 1 heterocycles. The van der Waals surface area contributed by atoms with Crippen LogP contribution in [0.3, 0.4) is 0 Å². The summed E-state index contributed by atoms with van der Waals surface area (Å²) in [5.74, 6) is 0.479. The first-order chi connectivity index (χ1) is 4.83. The van der Waals surface area contributed by atoms with E-state index in [9.17, 15) is 4.79 Å². The van der Waals surface area contributed by atoms with E-state index in [2.05, 4.69) is 16.9 Å². The summed E-state index contributed by atoms with van der Waals surface area (Å²) in [6, 6.07) is 3.57. The van der Waals surface area contributed by atoms with Crippen molar-refractivity contribution < 1.29 is 4.79 Å². The van der Waals surface area contributed by atoms with E-state index in [1.807, 2.05) is 0 Å². The number of rotatable bonds is 2. The van der Waals surface area contributed by atoms with Gasteiger partial charge < -0.3 is 10.3 Å². The first-order valence-electron chi connectivity index (χ1n) is 2.90. The van der Waals surface area contributed by atoms with Crippen molar-refractivity contribution in [1.82, 2.24) is 4.98 Å². The Morgan fingerprint density at radius 3 is 3.10 bits per heavy atom. The number of H-pyrrole nitrogens is 1. The highest BCUT2D eigenvalue weighted by atomic mass is 16.1. The minimum absolute atomic E-state index is 0.206. The second-order valence-corrected chi connectivity index (χ2v) is 1.78. The molecule has 0 aliphatic rings. The van der Waals surface area contributed by atoms with Crippen LogP contribution >= 0.6 is 0 Å². The molecule has 1 amide bonds. The van der Waals surface area contributed by atoms with Crippen LogP contribution in [0.25, 0.3) is 0 Å². The Hall–Kier alpha value is -1.51. The maximum atomic E-state index is 10.6. The molecule has 0 saturated carbocycles. The van der Waals surface area contributed by atoms with E-state index in [4.69, 9.17) is 0 Å². The van der Waals surface area contributed by atoms with E-state index in [1.165, 1.54) is 6.08 Å².